The van der Waals surface area contributed by atoms with Gasteiger partial charge in [0, 0.05) is 50.6 Å². The number of hydrogen-bond donors (Lipinski definition) is 0. The number of benzene rings is 6. The second-order valence-electron chi connectivity index (χ2n) is 15.2. The van der Waals surface area contributed by atoms with Gasteiger partial charge in [0.25, 0.3) is 0 Å². The van der Waals surface area contributed by atoms with Crippen LogP contribution < -0.4 is 4.74 Å². The molecule has 3 aromatic heterocycles. The second kappa shape index (κ2) is 13.5. The molecule has 0 spiro atoms. The molecule has 1 aliphatic rings. The van der Waals surface area contributed by atoms with Crippen molar-refractivity contribution in [1.82, 2.24) is 14.1 Å². The summed E-state index contributed by atoms with van der Waals surface area (Å²) in [5.74, 6) is 4.06. The predicted octanol–water partition coefficient (Wildman–Crippen LogP) is 12.5. The van der Waals surface area contributed by atoms with E-state index in [-0.39, 0.29) is 0 Å². The summed E-state index contributed by atoms with van der Waals surface area (Å²) < 4.78 is 13.7. The third-order valence-corrected chi connectivity index (χ3v) is 11.1. The van der Waals surface area contributed by atoms with Crippen LogP contribution in [0.2, 0.25) is 0 Å². The minimum Gasteiger partial charge on any atom is -0.457 e. The van der Waals surface area contributed by atoms with Crippen LogP contribution in [0.5, 0.6) is 11.5 Å². The van der Waals surface area contributed by atoms with Crippen molar-refractivity contribution in [3.05, 3.63) is 168 Å². The van der Waals surface area contributed by atoms with E-state index in [1.807, 2.05) is 24.4 Å². The molecule has 4 heterocycles. The fraction of sp³-hybridized carbons (Fsp3) is 0.140. The van der Waals surface area contributed by atoms with Crippen molar-refractivity contribution in [3.63, 3.8) is 0 Å². The predicted molar refractivity (Wildman–Crippen MR) is 231 cm³/mol. The van der Waals surface area contributed by atoms with Crippen LogP contribution in [0.1, 0.15) is 56.2 Å². The fourth-order valence-corrected chi connectivity index (χ4v) is 8.62. The van der Waals surface area contributed by atoms with E-state index in [1.165, 1.54) is 44.0 Å². The van der Waals surface area contributed by atoms with Crippen molar-refractivity contribution in [1.29, 1.82) is 0 Å². The first-order chi connectivity index (χ1) is 27.5. The first-order valence-electron chi connectivity index (χ1n) is 19.5. The molecule has 0 amide bonds. The molecule has 0 radical (unpaired) electrons. The molecule has 0 unspecified atom stereocenters. The minimum absolute atomic E-state index is 0.379. The van der Waals surface area contributed by atoms with Crippen LogP contribution in [0, 0.1) is 0 Å². The lowest BCUT2D eigenvalue weighted by molar-refractivity contribution is -0.297. The van der Waals surface area contributed by atoms with Crippen molar-refractivity contribution in [3.8, 4) is 23.0 Å². The first-order valence-corrected chi connectivity index (χ1v) is 19.5. The highest BCUT2D eigenvalue weighted by Crippen LogP contribution is 2.43. The van der Waals surface area contributed by atoms with Crippen LogP contribution in [0.25, 0.3) is 55.1 Å². The fourth-order valence-electron chi connectivity index (χ4n) is 8.62. The molecule has 0 saturated heterocycles. The Kier molecular flexibility index (Phi) is 8.14. The number of pyridine rings is 1. The van der Waals surface area contributed by atoms with E-state index in [4.69, 9.17) is 14.7 Å². The Morgan fingerprint density at radius 2 is 1.25 bits per heavy atom. The molecule has 6 nitrogen and oxygen atoms in total. The van der Waals surface area contributed by atoms with E-state index in [0.29, 0.717) is 18.4 Å². The van der Waals surface area contributed by atoms with Crippen molar-refractivity contribution < 1.29 is 9.31 Å². The van der Waals surface area contributed by atoms with E-state index in [2.05, 4.69) is 175 Å². The van der Waals surface area contributed by atoms with Crippen LogP contribution in [0.4, 0.5) is 5.69 Å². The topological polar surface area (TPSA) is 47.4 Å². The Labute approximate surface area is 326 Å². The highest BCUT2D eigenvalue weighted by atomic mass is 16.5. The van der Waals surface area contributed by atoms with E-state index in [0.717, 1.165) is 50.8 Å². The highest BCUT2D eigenvalue weighted by molar-refractivity contribution is 6.29. The molecule has 0 atom stereocenters. The van der Waals surface area contributed by atoms with Gasteiger partial charge in [0.1, 0.15) is 29.2 Å². The normalized spacial score (nSPS) is 13.1. The van der Waals surface area contributed by atoms with Gasteiger partial charge in [-0.15, -0.1) is 0 Å². The summed E-state index contributed by atoms with van der Waals surface area (Å²) in [4.78, 5) is 9.86. The number of fused-ring (bicyclic) bond motifs is 7. The monoisotopic (exact) mass is 728 g/mol. The molecule has 0 aliphatic carbocycles. The van der Waals surface area contributed by atoms with Gasteiger partial charge in [-0.2, -0.15) is 4.58 Å². The van der Waals surface area contributed by atoms with Crippen molar-refractivity contribution >= 4 is 61.3 Å². The molecule has 10 rings (SSSR count). The van der Waals surface area contributed by atoms with E-state index >= 15 is 0 Å². The number of rotatable bonds is 8. The summed E-state index contributed by atoms with van der Waals surface area (Å²) in [5.41, 5.74) is 10.5. The standard InChI is InChI=1S/C50H42N5O/c1-32(2)38-19-13-20-39(33(3)4)49(38)53-29-28-52-50(53)34-14-12-17-36(30-34)56-37-23-24-41-45(31-37)55(46-22-10-11-27-51-46)44-26-25-43-47(48(41)44)40-18-8-9-21-42(40)54(43)35-15-6-5-7-16-35/h5-27,29-33H,28H2,1-4H3/q+1. The van der Waals surface area contributed by atoms with E-state index in [9.17, 15) is 0 Å². The molecule has 0 N–H and O–H groups in total. The lowest BCUT2D eigenvalue weighted by Gasteiger charge is -2.18. The maximum Gasteiger partial charge on any atom is 0.330 e. The highest BCUT2D eigenvalue weighted by Gasteiger charge is 2.30. The molecular formula is C50H42N5O+. The van der Waals surface area contributed by atoms with Crippen molar-refractivity contribution in [2.45, 2.75) is 39.5 Å². The van der Waals surface area contributed by atoms with E-state index in [1.54, 1.807) is 0 Å². The summed E-state index contributed by atoms with van der Waals surface area (Å²) in [7, 11) is 0. The van der Waals surface area contributed by atoms with E-state index < -0.39 is 0 Å². The summed E-state index contributed by atoms with van der Waals surface area (Å²) in [6.07, 6.45) is 4.06. The zero-order valence-electron chi connectivity index (χ0n) is 32.0. The summed E-state index contributed by atoms with van der Waals surface area (Å²) >= 11 is 0. The SMILES string of the molecule is CC(C)c1cccc(C(C)C)c1[N+]1=CCN=C1c1cccc(Oc2ccc3c4c5c6ccccc6n(-c6ccccc6)c5ccc4n(-c4ccccn4)c3c2)c1. The number of hydrogen-bond acceptors (Lipinski definition) is 3. The molecule has 0 bridgehead atoms. The third-order valence-electron chi connectivity index (χ3n) is 11.1. The van der Waals surface area contributed by atoms with Gasteiger partial charge in [-0.3, -0.25) is 4.57 Å². The number of para-hydroxylation sites is 3. The largest absolute Gasteiger partial charge is 0.457 e. The Bertz CT molecular complexity index is 3000. The van der Waals surface area contributed by atoms with Crippen LogP contribution in [-0.2, 0) is 0 Å². The van der Waals surface area contributed by atoms with Crippen LogP contribution in [0.15, 0.2) is 157 Å². The number of nitrogens with zero attached hydrogens (tertiary/aromatic N) is 5. The lowest BCUT2D eigenvalue weighted by atomic mass is 9.92. The molecule has 56 heavy (non-hydrogen) atoms. The molecule has 0 fully saturated rings. The molecule has 9 aromatic rings. The van der Waals surface area contributed by atoms with Gasteiger partial charge in [0.2, 0.25) is 0 Å². The Morgan fingerprint density at radius 3 is 2.00 bits per heavy atom. The second-order valence-corrected chi connectivity index (χ2v) is 15.2. The Hall–Kier alpha value is -6.79. The van der Waals surface area contributed by atoms with Gasteiger partial charge < -0.3 is 9.30 Å². The number of aromatic nitrogens is 3. The molecule has 6 aromatic carbocycles. The third kappa shape index (κ3) is 5.43. The van der Waals surface area contributed by atoms with Gasteiger partial charge in [-0.1, -0.05) is 99.4 Å². The zero-order chi connectivity index (χ0) is 37.9. The van der Waals surface area contributed by atoms with Crippen molar-refractivity contribution in [2.24, 2.45) is 4.99 Å². The van der Waals surface area contributed by atoms with Crippen LogP contribution >= 0.6 is 0 Å². The zero-order valence-corrected chi connectivity index (χ0v) is 32.0. The summed E-state index contributed by atoms with van der Waals surface area (Å²) in [6, 6.07) is 51.4. The average Bonchev–Trinajstić information content (AvgIpc) is 3.94. The lowest BCUT2D eigenvalue weighted by Crippen LogP contribution is -2.18. The van der Waals surface area contributed by atoms with Gasteiger partial charge >= 0.3 is 5.84 Å². The Morgan fingerprint density at radius 1 is 0.571 bits per heavy atom. The van der Waals surface area contributed by atoms with Gasteiger partial charge in [0.05, 0.1) is 27.6 Å². The van der Waals surface area contributed by atoms with Gasteiger partial charge in [-0.25, -0.2) is 4.98 Å². The van der Waals surface area contributed by atoms with Crippen LogP contribution in [-0.4, -0.2) is 37.3 Å². The van der Waals surface area contributed by atoms with Gasteiger partial charge in [0.15, 0.2) is 6.54 Å². The number of aliphatic imine (C=N–C) groups is 1. The number of amidine groups is 1. The summed E-state index contributed by atoms with van der Waals surface area (Å²) in [5, 5.41) is 4.78. The minimum atomic E-state index is 0.379. The molecule has 1 aliphatic heterocycles. The maximum atomic E-state index is 6.74. The number of ether oxygens (including phenoxy) is 1. The Balaban J connectivity index is 1.10. The molecular weight excluding hydrogens is 687 g/mol. The first kappa shape index (κ1) is 33.8. The van der Waals surface area contributed by atoms with Gasteiger partial charge in [-0.05, 0) is 84.6 Å². The molecule has 272 valence electrons. The summed E-state index contributed by atoms with van der Waals surface area (Å²) in [6.45, 7) is 9.69. The molecule has 6 heteroatoms. The quantitative estimate of drug-likeness (QED) is 0.146. The smallest absolute Gasteiger partial charge is 0.330 e. The van der Waals surface area contributed by atoms with Crippen molar-refractivity contribution in [2.75, 3.05) is 6.54 Å². The average molecular weight is 729 g/mol. The maximum absolute atomic E-state index is 6.74. The van der Waals surface area contributed by atoms with Crippen LogP contribution in [0.3, 0.4) is 0 Å². The molecule has 0 saturated carbocycles.